The summed E-state index contributed by atoms with van der Waals surface area (Å²) >= 11 is 3.17. The highest BCUT2D eigenvalue weighted by Gasteiger charge is 2.26. The largest absolute Gasteiger partial charge is 0.496 e. The van der Waals surface area contributed by atoms with Gasteiger partial charge in [-0.25, -0.2) is 13.2 Å². The number of carbonyl (C=O) groups is 1. The van der Waals surface area contributed by atoms with E-state index in [9.17, 15) is 18.0 Å². The second-order valence-corrected chi connectivity index (χ2v) is 4.31. The first-order chi connectivity index (χ1) is 8.90. The van der Waals surface area contributed by atoms with Crippen LogP contribution in [-0.4, -0.2) is 32.8 Å². The molecule has 8 heteroatoms. The fraction of sp³-hybridized carbons (Fsp3) is 0.364. The Bertz CT molecular complexity index is 445. The fourth-order valence-corrected chi connectivity index (χ4v) is 1.78. The molecule has 1 aromatic rings. The third-order valence-corrected chi connectivity index (χ3v) is 2.65. The number of halogens is 4. The lowest BCUT2D eigenvalue weighted by Gasteiger charge is -2.15. The van der Waals surface area contributed by atoms with Crippen molar-refractivity contribution in [3.8, 4) is 11.5 Å². The molecule has 0 aliphatic rings. The van der Waals surface area contributed by atoms with E-state index in [1.54, 1.807) is 0 Å². The van der Waals surface area contributed by atoms with E-state index >= 15 is 0 Å². The topological polar surface area (TPSA) is 47.6 Å². The molecule has 0 bridgehead atoms. The molecule has 1 rings (SSSR count). The number of methoxy groups -OCH3 is 2. The van der Waals surface area contributed by atoms with Gasteiger partial charge in [-0.15, -0.1) is 0 Å². The molecule has 0 saturated carbocycles. The molecule has 0 aliphatic heterocycles. The molecular formula is C11H11BrF3NO3. The molecule has 0 aromatic heterocycles. The number of alkyl halides is 3. The lowest BCUT2D eigenvalue weighted by atomic mass is 10.1. The van der Waals surface area contributed by atoms with Crippen LogP contribution in [0.15, 0.2) is 16.6 Å². The quantitative estimate of drug-likeness (QED) is 0.837. The van der Waals surface area contributed by atoms with Gasteiger partial charge in [0.25, 0.3) is 12.3 Å². The average molecular weight is 342 g/mol. The second-order valence-electron chi connectivity index (χ2n) is 3.39. The molecule has 0 radical (unpaired) electrons. The van der Waals surface area contributed by atoms with Crippen LogP contribution in [0.1, 0.15) is 10.4 Å². The van der Waals surface area contributed by atoms with E-state index < -0.39 is 18.6 Å². The van der Waals surface area contributed by atoms with Gasteiger partial charge in [-0.2, -0.15) is 0 Å². The van der Waals surface area contributed by atoms with Gasteiger partial charge in [0, 0.05) is 4.47 Å². The summed E-state index contributed by atoms with van der Waals surface area (Å²) in [6.45, 7) is 0. The van der Waals surface area contributed by atoms with Crippen molar-refractivity contribution in [1.29, 1.82) is 0 Å². The van der Waals surface area contributed by atoms with Crippen molar-refractivity contribution in [3.05, 3.63) is 22.2 Å². The molecule has 1 aromatic carbocycles. The lowest BCUT2D eigenvalue weighted by Crippen LogP contribution is -2.36. The molecule has 106 valence electrons. The van der Waals surface area contributed by atoms with Crippen LogP contribution >= 0.6 is 15.9 Å². The molecule has 1 N–H and O–H groups in total. The predicted molar refractivity (Wildman–Crippen MR) is 65.6 cm³/mol. The van der Waals surface area contributed by atoms with E-state index in [2.05, 4.69) is 15.9 Å². The first-order valence-electron chi connectivity index (χ1n) is 5.05. The number of hydrogen-bond acceptors (Lipinski definition) is 3. The molecule has 0 fully saturated rings. The summed E-state index contributed by atoms with van der Waals surface area (Å²) in [5.74, 6) is -0.899. The minimum absolute atomic E-state index is 0.0743. The molecule has 0 aliphatic carbocycles. The normalized spacial score (nSPS) is 12.2. The molecule has 0 spiro atoms. The Kier molecular flexibility index (Phi) is 5.46. The minimum Gasteiger partial charge on any atom is -0.496 e. The standard InChI is InChI=1S/C11H11BrF3NO3/c1-18-6-3-5(12)4-7(19-2)8(6)11(17)16-10(15)9(13)14/h3-4,9-10H,1-2H3,(H,16,17). The molecule has 19 heavy (non-hydrogen) atoms. The van der Waals surface area contributed by atoms with Crippen LogP contribution < -0.4 is 14.8 Å². The molecule has 0 heterocycles. The number of amides is 1. The Morgan fingerprint density at radius 2 is 1.68 bits per heavy atom. The monoisotopic (exact) mass is 341 g/mol. The van der Waals surface area contributed by atoms with Crippen LogP contribution in [0.25, 0.3) is 0 Å². The Balaban J connectivity index is 3.14. The fourth-order valence-electron chi connectivity index (χ4n) is 1.36. The summed E-state index contributed by atoms with van der Waals surface area (Å²) in [5, 5.41) is 1.53. The Morgan fingerprint density at radius 3 is 2.05 bits per heavy atom. The SMILES string of the molecule is COc1cc(Br)cc(OC)c1C(=O)NC(F)C(F)F. The third kappa shape index (κ3) is 3.76. The van der Waals surface area contributed by atoms with Crippen LogP contribution in [0.5, 0.6) is 11.5 Å². The highest BCUT2D eigenvalue weighted by molar-refractivity contribution is 9.10. The second kappa shape index (κ2) is 6.65. The maximum Gasteiger partial charge on any atom is 0.287 e. The molecule has 0 saturated heterocycles. The summed E-state index contributed by atoms with van der Waals surface area (Å²) in [6, 6.07) is 2.88. The summed E-state index contributed by atoms with van der Waals surface area (Å²) < 4.78 is 47.4. The number of hydrogen-bond donors (Lipinski definition) is 1. The van der Waals surface area contributed by atoms with Gasteiger partial charge < -0.3 is 14.8 Å². The number of rotatable bonds is 5. The van der Waals surface area contributed by atoms with E-state index in [4.69, 9.17) is 9.47 Å². The Labute approximate surface area is 116 Å². The summed E-state index contributed by atoms with van der Waals surface area (Å²) in [4.78, 5) is 11.8. The third-order valence-electron chi connectivity index (χ3n) is 2.19. The van der Waals surface area contributed by atoms with Crippen LogP contribution in [0, 0.1) is 0 Å². The molecular weight excluding hydrogens is 331 g/mol. The summed E-state index contributed by atoms with van der Waals surface area (Å²) in [6.07, 6.45) is -6.07. The van der Waals surface area contributed by atoms with Gasteiger partial charge in [-0.3, -0.25) is 4.79 Å². The van der Waals surface area contributed by atoms with E-state index in [0.29, 0.717) is 4.47 Å². The zero-order valence-electron chi connectivity index (χ0n) is 10.0. The van der Waals surface area contributed by atoms with Crippen molar-refractivity contribution in [2.45, 2.75) is 12.7 Å². The summed E-state index contributed by atoms with van der Waals surface area (Å²) in [5.41, 5.74) is -0.156. The van der Waals surface area contributed by atoms with Gasteiger partial charge in [0.15, 0.2) is 0 Å². The van der Waals surface area contributed by atoms with Crippen molar-refractivity contribution in [2.75, 3.05) is 14.2 Å². The number of nitrogens with one attached hydrogen (secondary N) is 1. The van der Waals surface area contributed by atoms with E-state index in [0.717, 1.165) is 0 Å². The predicted octanol–water partition coefficient (Wildman–Crippen LogP) is 2.76. The average Bonchev–Trinajstić information content (AvgIpc) is 2.36. The van der Waals surface area contributed by atoms with Gasteiger partial charge >= 0.3 is 0 Å². The van der Waals surface area contributed by atoms with E-state index in [-0.39, 0.29) is 17.1 Å². The van der Waals surface area contributed by atoms with Crippen molar-refractivity contribution < 1.29 is 27.4 Å². The van der Waals surface area contributed by atoms with Crippen molar-refractivity contribution >= 4 is 21.8 Å². The van der Waals surface area contributed by atoms with E-state index in [1.807, 2.05) is 0 Å². The van der Waals surface area contributed by atoms with Crippen LogP contribution in [0.4, 0.5) is 13.2 Å². The van der Waals surface area contributed by atoms with Crippen molar-refractivity contribution in [1.82, 2.24) is 5.32 Å². The van der Waals surface area contributed by atoms with Gasteiger partial charge in [-0.1, -0.05) is 15.9 Å². The summed E-state index contributed by atoms with van der Waals surface area (Å²) in [7, 11) is 2.58. The number of ether oxygens (including phenoxy) is 2. The molecule has 1 amide bonds. The van der Waals surface area contributed by atoms with Gasteiger partial charge in [0.1, 0.15) is 17.1 Å². The highest BCUT2D eigenvalue weighted by Crippen LogP contribution is 2.32. The minimum atomic E-state index is -3.31. The van der Waals surface area contributed by atoms with Crippen LogP contribution in [-0.2, 0) is 0 Å². The number of benzene rings is 1. The Hall–Kier alpha value is -1.44. The van der Waals surface area contributed by atoms with Crippen molar-refractivity contribution in [2.24, 2.45) is 0 Å². The highest BCUT2D eigenvalue weighted by atomic mass is 79.9. The Morgan fingerprint density at radius 1 is 1.21 bits per heavy atom. The van der Waals surface area contributed by atoms with Gasteiger partial charge in [0.2, 0.25) is 6.30 Å². The van der Waals surface area contributed by atoms with E-state index in [1.165, 1.54) is 31.7 Å². The van der Waals surface area contributed by atoms with Gasteiger partial charge in [0.05, 0.1) is 14.2 Å². The lowest BCUT2D eigenvalue weighted by molar-refractivity contribution is 0.0285. The maximum absolute atomic E-state index is 12.8. The maximum atomic E-state index is 12.8. The first-order valence-corrected chi connectivity index (χ1v) is 5.84. The smallest absolute Gasteiger partial charge is 0.287 e. The number of carbonyl (C=O) groups excluding carboxylic acids is 1. The zero-order valence-corrected chi connectivity index (χ0v) is 11.6. The zero-order chi connectivity index (χ0) is 14.6. The van der Waals surface area contributed by atoms with Gasteiger partial charge in [-0.05, 0) is 12.1 Å². The molecule has 4 nitrogen and oxygen atoms in total. The molecule has 1 unspecified atom stereocenters. The van der Waals surface area contributed by atoms with Crippen LogP contribution in [0.2, 0.25) is 0 Å². The van der Waals surface area contributed by atoms with Crippen LogP contribution in [0.3, 0.4) is 0 Å². The molecule has 1 atom stereocenters. The first kappa shape index (κ1) is 15.6. The van der Waals surface area contributed by atoms with Crippen molar-refractivity contribution in [3.63, 3.8) is 0 Å².